The van der Waals surface area contributed by atoms with Crippen LogP contribution in [0.1, 0.15) is 41.4 Å². The lowest BCUT2D eigenvalue weighted by Gasteiger charge is -2.18. The Kier molecular flexibility index (Phi) is 3.92. The molecule has 2 nitrogen and oxygen atoms in total. The fourth-order valence-electron chi connectivity index (χ4n) is 1.86. The summed E-state index contributed by atoms with van der Waals surface area (Å²) in [5, 5.41) is 4.73. The highest BCUT2D eigenvalue weighted by molar-refractivity contribution is 7.11. The van der Waals surface area contributed by atoms with Gasteiger partial charge in [0, 0.05) is 17.1 Å². The molecule has 0 radical (unpaired) electrons. The Labute approximate surface area is 107 Å². The lowest BCUT2D eigenvalue weighted by atomic mass is 10.1. The summed E-state index contributed by atoms with van der Waals surface area (Å²) in [7, 11) is 0. The maximum Gasteiger partial charge on any atom is 0.109 e. The van der Waals surface area contributed by atoms with Gasteiger partial charge in [0.2, 0.25) is 0 Å². The van der Waals surface area contributed by atoms with Crippen molar-refractivity contribution in [1.29, 1.82) is 0 Å². The molecule has 0 amide bonds. The Morgan fingerprint density at radius 1 is 1.12 bits per heavy atom. The number of nitrogens with zero attached hydrogens (tertiary/aromatic N) is 1. The average molecular weight is 246 g/mol. The van der Waals surface area contributed by atoms with Gasteiger partial charge in [-0.25, -0.2) is 4.98 Å². The summed E-state index contributed by atoms with van der Waals surface area (Å²) < 4.78 is 0. The van der Waals surface area contributed by atoms with E-state index in [-0.39, 0.29) is 0 Å². The Balaban J connectivity index is 2.02. The van der Waals surface area contributed by atoms with Crippen LogP contribution in [0.25, 0.3) is 0 Å². The zero-order chi connectivity index (χ0) is 12.3. The van der Waals surface area contributed by atoms with E-state index in [9.17, 15) is 0 Å². The van der Waals surface area contributed by atoms with E-state index in [2.05, 4.69) is 55.3 Å². The van der Waals surface area contributed by atoms with E-state index in [0.717, 1.165) is 5.01 Å². The monoisotopic (exact) mass is 246 g/mol. The molecule has 1 aromatic carbocycles. The second-order valence-electron chi connectivity index (χ2n) is 4.33. The van der Waals surface area contributed by atoms with E-state index < -0.39 is 0 Å². The number of aromatic nitrogens is 1. The molecule has 0 bridgehead atoms. The molecule has 2 atom stereocenters. The van der Waals surface area contributed by atoms with Crippen LogP contribution in [-0.2, 0) is 0 Å². The summed E-state index contributed by atoms with van der Waals surface area (Å²) >= 11 is 1.76. The van der Waals surface area contributed by atoms with Gasteiger partial charge >= 0.3 is 0 Å². The highest BCUT2D eigenvalue weighted by Gasteiger charge is 2.13. The summed E-state index contributed by atoms with van der Waals surface area (Å²) in [6.07, 6.45) is 1.94. The molecule has 0 spiro atoms. The number of nitrogens with one attached hydrogen (secondary N) is 1. The van der Waals surface area contributed by atoms with E-state index in [0.29, 0.717) is 12.1 Å². The van der Waals surface area contributed by atoms with Gasteiger partial charge in [-0.05, 0) is 26.3 Å². The molecular weight excluding hydrogens is 228 g/mol. The first-order valence-corrected chi connectivity index (χ1v) is 6.72. The number of aryl methyl sites for hydroxylation is 1. The molecule has 1 aromatic heterocycles. The van der Waals surface area contributed by atoms with E-state index in [1.165, 1.54) is 10.4 Å². The van der Waals surface area contributed by atoms with Crippen LogP contribution in [0.3, 0.4) is 0 Å². The van der Waals surface area contributed by atoms with E-state index in [4.69, 9.17) is 0 Å². The maximum absolute atomic E-state index is 4.42. The van der Waals surface area contributed by atoms with Gasteiger partial charge in [0.15, 0.2) is 0 Å². The molecule has 0 aliphatic heterocycles. The van der Waals surface area contributed by atoms with Crippen LogP contribution in [0.5, 0.6) is 0 Å². The van der Waals surface area contributed by atoms with Gasteiger partial charge in [0.1, 0.15) is 5.01 Å². The van der Waals surface area contributed by atoms with Gasteiger partial charge in [0.05, 0.1) is 6.04 Å². The predicted molar refractivity (Wildman–Crippen MR) is 73.3 cm³/mol. The molecule has 2 rings (SSSR count). The van der Waals surface area contributed by atoms with Crippen molar-refractivity contribution >= 4 is 11.3 Å². The Hall–Kier alpha value is -1.19. The van der Waals surface area contributed by atoms with Crippen LogP contribution in [0.2, 0.25) is 0 Å². The molecule has 3 heteroatoms. The summed E-state index contributed by atoms with van der Waals surface area (Å²) in [6, 6.07) is 11.1. The SMILES string of the molecule is Cc1cnc(C(C)NC(C)c2ccccc2)s1. The molecule has 90 valence electrons. The van der Waals surface area contributed by atoms with Crippen molar-refractivity contribution < 1.29 is 0 Å². The fourth-order valence-corrected chi connectivity index (χ4v) is 2.64. The number of rotatable bonds is 4. The number of hydrogen-bond donors (Lipinski definition) is 1. The van der Waals surface area contributed by atoms with Crippen LogP contribution < -0.4 is 5.32 Å². The van der Waals surface area contributed by atoms with Crippen LogP contribution >= 0.6 is 11.3 Å². The second kappa shape index (κ2) is 5.43. The second-order valence-corrected chi connectivity index (χ2v) is 5.60. The van der Waals surface area contributed by atoms with Gasteiger partial charge in [-0.15, -0.1) is 11.3 Å². The zero-order valence-electron chi connectivity index (χ0n) is 10.5. The lowest BCUT2D eigenvalue weighted by molar-refractivity contribution is 0.493. The minimum atomic E-state index is 0.295. The highest BCUT2D eigenvalue weighted by atomic mass is 32.1. The quantitative estimate of drug-likeness (QED) is 0.886. The lowest BCUT2D eigenvalue weighted by Crippen LogP contribution is -2.22. The molecule has 0 aliphatic carbocycles. The standard InChI is InChI=1S/C14H18N2S/c1-10-9-15-14(17-10)12(3)16-11(2)13-7-5-4-6-8-13/h4-9,11-12,16H,1-3H3. The Bertz CT molecular complexity index is 464. The first kappa shape index (κ1) is 12.3. The number of benzene rings is 1. The molecule has 2 unspecified atom stereocenters. The van der Waals surface area contributed by atoms with Gasteiger partial charge < -0.3 is 5.32 Å². The molecule has 1 heterocycles. The van der Waals surface area contributed by atoms with E-state index in [1.807, 2.05) is 12.3 Å². The van der Waals surface area contributed by atoms with Crippen LogP contribution in [-0.4, -0.2) is 4.98 Å². The predicted octanol–water partition coefficient (Wildman–Crippen LogP) is 3.86. The third kappa shape index (κ3) is 3.14. The molecule has 17 heavy (non-hydrogen) atoms. The number of hydrogen-bond acceptors (Lipinski definition) is 3. The van der Waals surface area contributed by atoms with Crippen molar-refractivity contribution in [2.45, 2.75) is 32.9 Å². The zero-order valence-corrected chi connectivity index (χ0v) is 11.3. The van der Waals surface area contributed by atoms with Gasteiger partial charge in [-0.3, -0.25) is 0 Å². The summed E-state index contributed by atoms with van der Waals surface area (Å²) in [4.78, 5) is 5.68. The van der Waals surface area contributed by atoms with Crippen molar-refractivity contribution in [3.05, 3.63) is 52.0 Å². The van der Waals surface area contributed by atoms with Crippen LogP contribution in [0.15, 0.2) is 36.5 Å². The molecule has 0 saturated carbocycles. The topological polar surface area (TPSA) is 24.9 Å². The summed E-state index contributed by atoms with van der Waals surface area (Å²) in [6.45, 7) is 6.44. The van der Waals surface area contributed by atoms with Gasteiger partial charge in [-0.2, -0.15) is 0 Å². The van der Waals surface area contributed by atoms with Gasteiger partial charge in [-0.1, -0.05) is 30.3 Å². The minimum absolute atomic E-state index is 0.295. The normalized spacial score (nSPS) is 14.5. The van der Waals surface area contributed by atoms with Crippen LogP contribution in [0, 0.1) is 6.92 Å². The third-order valence-corrected chi connectivity index (χ3v) is 3.90. The molecule has 0 fully saturated rings. The van der Waals surface area contributed by atoms with Gasteiger partial charge in [0.25, 0.3) is 0 Å². The Morgan fingerprint density at radius 3 is 2.41 bits per heavy atom. The van der Waals surface area contributed by atoms with E-state index in [1.54, 1.807) is 11.3 Å². The highest BCUT2D eigenvalue weighted by Crippen LogP contribution is 2.22. The molecule has 0 saturated heterocycles. The summed E-state index contributed by atoms with van der Waals surface area (Å²) in [5.74, 6) is 0. The van der Waals surface area contributed by atoms with E-state index >= 15 is 0 Å². The first-order valence-electron chi connectivity index (χ1n) is 5.90. The first-order chi connectivity index (χ1) is 8.16. The fraction of sp³-hybridized carbons (Fsp3) is 0.357. The van der Waals surface area contributed by atoms with Crippen molar-refractivity contribution in [1.82, 2.24) is 10.3 Å². The van der Waals surface area contributed by atoms with Crippen LogP contribution in [0.4, 0.5) is 0 Å². The summed E-state index contributed by atoms with van der Waals surface area (Å²) in [5.41, 5.74) is 1.31. The minimum Gasteiger partial charge on any atom is -0.302 e. The van der Waals surface area contributed by atoms with Crippen molar-refractivity contribution in [3.8, 4) is 0 Å². The largest absolute Gasteiger partial charge is 0.302 e. The Morgan fingerprint density at radius 2 is 1.82 bits per heavy atom. The molecule has 1 N–H and O–H groups in total. The maximum atomic E-state index is 4.42. The van der Waals surface area contributed by atoms with Crippen molar-refractivity contribution in [2.24, 2.45) is 0 Å². The molecule has 0 aliphatic rings. The van der Waals surface area contributed by atoms with Crippen molar-refractivity contribution in [2.75, 3.05) is 0 Å². The average Bonchev–Trinajstić information content (AvgIpc) is 2.77. The van der Waals surface area contributed by atoms with Crippen molar-refractivity contribution in [3.63, 3.8) is 0 Å². The molecule has 2 aromatic rings. The molecular formula is C14H18N2S. The third-order valence-electron chi connectivity index (χ3n) is 2.81. The smallest absolute Gasteiger partial charge is 0.109 e. The number of thiazole rings is 1.